The van der Waals surface area contributed by atoms with Crippen molar-refractivity contribution in [1.82, 2.24) is 0 Å². The molecule has 0 saturated carbocycles. The van der Waals surface area contributed by atoms with Crippen LogP contribution >= 0.6 is 0 Å². The fourth-order valence-electron chi connectivity index (χ4n) is 2.73. The van der Waals surface area contributed by atoms with Crippen LogP contribution in [0.4, 0.5) is 13.2 Å². The van der Waals surface area contributed by atoms with E-state index in [1.54, 1.807) is 19.1 Å². The number of hydrogen-bond acceptors (Lipinski definition) is 8. The van der Waals surface area contributed by atoms with Crippen LogP contribution in [0.3, 0.4) is 0 Å². The Morgan fingerprint density at radius 1 is 0.926 bits per heavy atom. The quantitative estimate of drug-likeness (QED) is 0.503. The molecule has 0 radical (unpaired) electrons. The monoisotopic (exact) mass is 432 g/mol. The Kier molecular flexibility index (Phi) is 5.29. The van der Waals surface area contributed by atoms with Crippen LogP contribution in [0.15, 0.2) is 29.2 Å². The first-order valence-electron chi connectivity index (χ1n) is 7.63. The van der Waals surface area contributed by atoms with Crippen molar-refractivity contribution in [2.75, 3.05) is 13.2 Å². The highest BCUT2D eigenvalue weighted by atomic mass is 32.2. The molecule has 27 heavy (non-hydrogen) atoms. The minimum Gasteiger partial charge on any atom is -0.370 e. The summed E-state index contributed by atoms with van der Waals surface area (Å²) in [5.41, 5.74) is -4.75. The molecule has 2 heterocycles. The highest BCUT2D eigenvalue weighted by Gasteiger charge is 2.55. The maximum Gasteiger partial charge on any atom is 0.523 e. The Morgan fingerprint density at radius 2 is 1.41 bits per heavy atom. The molecule has 4 atom stereocenters. The van der Waals surface area contributed by atoms with Crippen molar-refractivity contribution < 1.29 is 47.8 Å². The lowest BCUT2D eigenvalue weighted by molar-refractivity contribution is -0.0627. The Morgan fingerprint density at radius 3 is 1.89 bits per heavy atom. The van der Waals surface area contributed by atoms with Gasteiger partial charge in [0.1, 0.15) is 24.4 Å². The van der Waals surface area contributed by atoms with Crippen molar-refractivity contribution in [3.8, 4) is 0 Å². The molecule has 0 aliphatic carbocycles. The Labute approximate surface area is 153 Å². The molecule has 3 rings (SSSR count). The van der Waals surface area contributed by atoms with Crippen molar-refractivity contribution in [1.29, 1.82) is 0 Å². The van der Waals surface area contributed by atoms with E-state index in [2.05, 4.69) is 4.18 Å². The Balaban J connectivity index is 1.69. The van der Waals surface area contributed by atoms with E-state index in [-0.39, 0.29) is 11.5 Å². The summed E-state index contributed by atoms with van der Waals surface area (Å²) in [5, 5.41) is 0. The molecule has 2 saturated heterocycles. The van der Waals surface area contributed by atoms with Crippen LogP contribution in [0, 0.1) is 6.92 Å². The molecule has 8 nitrogen and oxygen atoms in total. The Hall–Kier alpha value is -1.25. The molecule has 152 valence electrons. The molecular weight excluding hydrogens is 417 g/mol. The topological polar surface area (TPSA) is 105 Å². The predicted molar refractivity (Wildman–Crippen MR) is 82.6 cm³/mol. The Bertz CT molecular complexity index is 895. The van der Waals surface area contributed by atoms with Crippen LogP contribution in [-0.4, -0.2) is 60.0 Å². The number of ether oxygens (including phenoxy) is 2. The van der Waals surface area contributed by atoms with E-state index >= 15 is 0 Å². The van der Waals surface area contributed by atoms with E-state index < -0.39 is 56.8 Å². The summed E-state index contributed by atoms with van der Waals surface area (Å²) in [6, 6.07) is 5.83. The van der Waals surface area contributed by atoms with E-state index in [4.69, 9.17) is 13.7 Å². The second-order valence-corrected chi connectivity index (χ2v) is 9.17. The van der Waals surface area contributed by atoms with Gasteiger partial charge in [0.05, 0.1) is 18.1 Å². The van der Waals surface area contributed by atoms with Crippen molar-refractivity contribution in [2.45, 2.75) is 41.7 Å². The predicted octanol–water partition coefficient (Wildman–Crippen LogP) is 1.10. The average molecular weight is 432 g/mol. The van der Waals surface area contributed by atoms with E-state index in [1.807, 2.05) is 0 Å². The van der Waals surface area contributed by atoms with Gasteiger partial charge < -0.3 is 9.47 Å². The molecule has 1 aromatic rings. The maximum absolute atomic E-state index is 12.4. The fourth-order valence-corrected chi connectivity index (χ4v) is 4.41. The molecule has 0 bridgehead atoms. The number of benzene rings is 1. The van der Waals surface area contributed by atoms with Crippen LogP contribution in [0.25, 0.3) is 0 Å². The summed E-state index contributed by atoms with van der Waals surface area (Å²) >= 11 is 0. The largest absolute Gasteiger partial charge is 0.523 e. The van der Waals surface area contributed by atoms with Crippen LogP contribution in [0.5, 0.6) is 0 Å². The minimum absolute atomic E-state index is 0.109. The lowest BCUT2D eigenvalue weighted by atomic mass is 10.1. The van der Waals surface area contributed by atoms with Gasteiger partial charge in [0.25, 0.3) is 10.1 Å². The summed E-state index contributed by atoms with van der Waals surface area (Å²) in [4.78, 5) is -0.109. The average Bonchev–Trinajstić information content (AvgIpc) is 3.10. The first-order chi connectivity index (χ1) is 12.4. The standard InChI is InChI=1S/C14H15F3O8S2/c1-8-2-4-9(5-3-8)26(18,19)24-10-6-22-13-11(7-23-12(10)13)25-27(20,21)14(15,16)17/h2-5,10-13H,6-7H2,1H3/t10-,11-,12-,13-/m1/s1. The summed E-state index contributed by atoms with van der Waals surface area (Å²) in [6.07, 6.45) is -5.00. The second kappa shape index (κ2) is 6.97. The molecular formula is C14H15F3O8S2. The third kappa shape index (κ3) is 4.12. The van der Waals surface area contributed by atoms with Gasteiger partial charge in [0.15, 0.2) is 0 Å². The number of fused-ring (bicyclic) bond motifs is 1. The lowest BCUT2D eigenvalue weighted by Crippen LogP contribution is -2.38. The fraction of sp³-hybridized carbons (Fsp3) is 0.571. The van der Waals surface area contributed by atoms with Crippen molar-refractivity contribution >= 4 is 20.2 Å². The highest BCUT2D eigenvalue weighted by Crippen LogP contribution is 2.35. The molecule has 0 unspecified atom stereocenters. The normalized spacial score (nSPS) is 29.0. The SMILES string of the molecule is Cc1ccc(S(=O)(=O)O[C@@H]2CO[C@H]3[C@@H]2OC[C@H]3OS(=O)(=O)C(F)(F)F)cc1. The molecule has 2 aliphatic rings. The first kappa shape index (κ1) is 20.5. The van der Waals surface area contributed by atoms with Gasteiger partial charge in [-0.25, -0.2) is 0 Å². The van der Waals surface area contributed by atoms with Crippen LogP contribution in [0.1, 0.15) is 5.56 Å². The highest BCUT2D eigenvalue weighted by molar-refractivity contribution is 7.87. The van der Waals surface area contributed by atoms with Gasteiger partial charge in [-0.3, -0.25) is 8.37 Å². The van der Waals surface area contributed by atoms with E-state index in [0.29, 0.717) is 0 Å². The first-order valence-corrected chi connectivity index (χ1v) is 10.4. The van der Waals surface area contributed by atoms with Gasteiger partial charge in [-0.2, -0.15) is 30.0 Å². The molecule has 13 heteroatoms. The number of halogens is 3. The molecule has 0 spiro atoms. The van der Waals surface area contributed by atoms with Crippen LogP contribution in [-0.2, 0) is 38.1 Å². The van der Waals surface area contributed by atoms with Gasteiger partial charge >= 0.3 is 15.6 Å². The summed E-state index contributed by atoms with van der Waals surface area (Å²) in [7, 11) is -10.0. The third-order valence-corrected chi connectivity index (χ3v) is 6.47. The molecule has 2 aliphatic heterocycles. The van der Waals surface area contributed by atoms with Gasteiger partial charge in [0.2, 0.25) is 0 Å². The van der Waals surface area contributed by atoms with Crippen molar-refractivity contribution in [3.63, 3.8) is 0 Å². The maximum atomic E-state index is 12.4. The van der Waals surface area contributed by atoms with Gasteiger partial charge in [-0.05, 0) is 19.1 Å². The van der Waals surface area contributed by atoms with E-state index in [9.17, 15) is 30.0 Å². The zero-order valence-electron chi connectivity index (χ0n) is 13.7. The summed E-state index contributed by atoms with van der Waals surface area (Å²) in [6.45, 7) is 0.940. The zero-order chi connectivity index (χ0) is 20.0. The molecule has 0 N–H and O–H groups in total. The molecule has 0 aromatic heterocycles. The number of alkyl halides is 3. The second-order valence-electron chi connectivity index (χ2n) is 6.03. The number of hydrogen-bond donors (Lipinski definition) is 0. The zero-order valence-corrected chi connectivity index (χ0v) is 15.4. The van der Waals surface area contributed by atoms with Gasteiger partial charge in [0, 0.05) is 0 Å². The smallest absolute Gasteiger partial charge is 0.370 e. The van der Waals surface area contributed by atoms with E-state index in [0.717, 1.165) is 5.56 Å². The number of aryl methyl sites for hydroxylation is 1. The van der Waals surface area contributed by atoms with Gasteiger partial charge in [-0.15, -0.1) is 0 Å². The van der Waals surface area contributed by atoms with E-state index in [1.165, 1.54) is 12.1 Å². The minimum atomic E-state index is -5.84. The number of rotatable bonds is 5. The molecule has 1 aromatic carbocycles. The van der Waals surface area contributed by atoms with Crippen molar-refractivity contribution in [2.24, 2.45) is 0 Å². The molecule has 2 fully saturated rings. The van der Waals surface area contributed by atoms with Crippen molar-refractivity contribution in [3.05, 3.63) is 29.8 Å². The summed E-state index contributed by atoms with van der Waals surface area (Å²) < 4.78 is 104. The van der Waals surface area contributed by atoms with Crippen LogP contribution < -0.4 is 0 Å². The van der Waals surface area contributed by atoms with Crippen LogP contribution in [0.2, 0.25) is 0 Å². The summed E-state index contributed by atoms with van der Waals surface area (Å²) in [5.74, 6) is 0. The van der Waals surface area contributed by atoms with Gasteiger partial charge in [-0.1, -0.05) is 17.7 Å². The lowest BCUT2D eigenvalue weighted by Gasteiger charge is -2.17. The molecule has 0 amide bonds. The third-order valence-electron chi connectivity index (χ3n) is 4.06.